The average Bonchev–Trinajstić information content (AvgIpc) is 2.30. The summed E-state index contributed by atoms with van der Waals surface area (Å²) < 4.78 is 0. The fourth-order valence-electron chi connectivity index (χ4n) is 1.93. The van der Waals surface area contributed by atoms with E-state index >= 15 is 0 Å². The Hall–Kier alpha value is -1.42. The Labute approximate surface area is 95.5 Å². The van der Waals surface area contributed by atoms with Crippen molar-refractivity contribution in [1.82, 2.24) is 15.6 Å². The first-order chi connectivity index (χ1) is 7.75. The molecule has 0 bridgehead atoms. The lowest BCUT2D eigenvalue weighted by Gasteiger charge is -2.23. The molecule has 0 unspecified atom stereocenters. The van der Waals surface area contributed by atoms with Crippen LogP contribution in [0.2, 0.25) is 0 Å². The molecule has 0 spiro atoms. The second kappa shape index (κ2) is 5.07. The Bertz CT molecular complexity index is 372. The highest BCUT2D eigenvalue weighted by Gasteiger charge is 2.16. The van der Waals surface area contributed by atoms with E-state index in [9.17, 15) is 4.79 Å². The summed E-state index contributed by atoms with van der Waals surface area (Å²) in [5, 5.41) is 6.31. The van der Waals surface area contributed by atoms with Crippen LogP contribution in [0, 0.1) is 6.92 Å². The standard InChI is InChI=1S/C12H17N3O/c1-9-7-10(4-6-14-9)12(16)15-11-3-2-5-13-8-11/h4,6-7,11,13H,2-3,5,8H2,1H3,(H,15,16)/t11-/m0/s1. The minimum Gasteiger partial charge on any atom is -0.348 e. The highest BCUT2D eigenvalue weighted by molar-refractivity contribution is 5.94. The van der Waals surface area contributed by atoms with Gasteiger partial charge in [0, 0.05) is 30.0 Å². The lowest BCUT2D eigenvalue weighted by molar-refractivity contribution is 0.0930. The molecule has 0 aliphatic carbocycles. The van der Waals surface area contributed by atoms with Gasteiger partial charge < -0.3 is 10.6 Å². The topological polar surface area (TPSA) is 54.0 Å². The molecule has 1 aliphatic rings. The largest absolute Gasteiger partial charge is 0.348 e. The fraction of sp³-hybridized carbons (Fsp3) is 0.500. The van der Waals surface area contributed by atoms with Gasteiger partial charge in [-0.05, 0) is 38.4 Å². The van der Waals surface area contributed by atoms with E-state index in [1.807, 2.05) is 13.0 Å². The number of piperidine rings is 1. The van der Waals surface area contributed by atoms with E-state index in [4.69, 9.17) is 0 Å². The van der Waals surface area contributed by atoms with E-state index in [1.165, 1.54) is 0 Å². The number of carbonyl (C=O) groups is 1. The average molecular weight is 219 g/mol. The van der Waals surface area contributed by atoms with Crippen molar-refractivity contribution in [2.45, 2.75) is 25.8 Å². The fourth-order valence-corrected chi connectivity index (χ4v) is 1.93. The van der Waals surface area contributed by atoms with Gasteiger partial charge >= 0.3 is 0 Å². The number of hydrogen-bond acceptors (Lipinski definition) is 3. The number of carbonyl (C=O) groups excluding carboxylic acids is 1. The van der Waals surface area contributed by atoms with E-state index < -0.39 is 0 Å². The highest BCUT2D eigenvalue weighted by Crippen LogP contribution is 2.05. The Balaban J connectivity index is 1.97. The minimum absolute atomic E-state index is 0.000741. The molecule has 2 N–H and O–H groups in total. The Morgan fingerprint density at radius 3 is 3.19 bits per heavy atom. The highest BCUT2D eigenvalue weighted by atomic mass is 16.1. The summed E-state index contributed by atoms with van der Waals surface area (Å²) in [5.41, 5.74) is 1.56. The zero-order valence-electron chi connectivity index (χ0n) is 9.49. The molecule has 1 fully saturated rings. The van der Waals surface area contributed by atoms with Crippen LogP contribution >= 0.6 is 0 Å². The first-order valence-electron chi connectivity index (χ1n) is 5.70. The second-order valence-electron chi connectivity index (χ2n) is 4.20. The summed E-state index contributed by atoms with van der Waals surface area (Å²) in [6.45, 7) is 3.81. The van der Waals surface area contributed by atoms with Gasteiger partial charge in [-0.1, -0.05) is 0 Å². The third-order valence-electron chi connectivity index (χ3n) is 2.79. The summed E-state index contributed by atoms with van der Waals surface area (Å²) in [5.74, 6) is -0.000741. The van der Waals surface area contributed by atoms with Gasteiger partial charge in [0.1, 0.15) is 0 Å². The molecule has 86 valence electrons. The molecule has 0 aromatic carbocycles. The minimum atomic E-state index is -0.000741. The van der Waals surface area contributed by atoms with Crippen LogP contribution in [0.1, 0.15) is 28.9 Å². The van der Waals surface area contributed by atoms with E-state index in [-0.39, 0.29) is 11.9 Å². The van der Waals surface area contributed by atoms with Crippen molar-refractivity contribution in [3.8, 4) is 0 Å². The van der Waals surface area contributed by atoms with Crippen LogP contribution in [0.25, 0.3) is 0 Å². The molecule has 1 amide bonds. The van der Waals surface area contributed by atoms with Crippen LogP contribution in [0.5, 0.6) is 0 Å². The Kier molecular flexibility index (Phi) is 3.51. The van der Waals surface area contributed by atoms with Crippen LogP contribution < -0.4 is 10.6 Å². The predicted octanol–water partition coefficient (Wildman–Crippen LogP) is 0.872. The van der Waals surface area contributed by atoms with Crippen molar-refractivity contribution in [2.75, 3.05) is 13.1 Å². The number of aromatic nitrogens is 1. The molecule has 4 nitrogen and oxygen atoms in total. The number of hydrogen-bond donors (Lipinski definition) is 2. The molecular formula is C12H17N3O. The van der Waals surface area contributed by atoms with Crippen LogP contribution in [0.4, 0.5) is 0 Å². The number of pyridine rings is 1. The maximum atomic E-state index is 11.9. The van der Waals surface area contributed by atoms with Gasteiger partial charge in [-0.15, -0.1) is 0 Å². The second-order valence-corrected chi connectivity index (χ2v) is 4.20. The van der Waals surface area contributed by atoms with Gasteiger partial charge in [-0.25, -0.2) is 0 Å². The van der Waals surface area contributed by atoms with Gasteiger partial charge in [0.05, 0.1) is 0 Å². The third kappa shape index (κ3) is 2.79. The first-order valence-corrected chi connectivity index (χ1v) is 5.70. The molecule has 16 heavy (non-hydrogen) atoms. The molecule has 1 aliphatic heterocycles. The van der Waals surface area contributed by atoms with Gasteiger partial charge in [-0.3, -0.25) is 9.78 Å². The van der Waals surface area contributed by atoms with Crippen molar-refractivity contribution in [1.29, 1.82) is 0 Å². The summed E-state index contributed by atoms with van der Waals surface area (Å²) in [6, 6.07) is 3.82. The predicted molar refractivity (Wildman–Crippen MR) is 62.3 cm³/mol. The normalized spacial score (nSPS) is 20.4. The van der Waals surface area contributed by atoms with Gasteiger partial charge in [0.15, 0.2) is 0 Å². The van der Waals surface area contributed by atoms with E-state index in [1.54, 1.807) is 12.3 Å². The quantitative estimate of drug-likeness (QED) is 0.776. The summed E-state index contributed by atoms with van der Waals surface area (Å²) in [7, 11) is 0. The van der Waals surface area contributed by atoms with Crippen molar-refractivity contribution in [2.24, 2.45) is 0 Å². The van der Waals surface area contributed by atoms with E-state index in [0.717, 1.165) is 31.6 Å². The maximum absolute atomic E-state index is 11.9. The van der Waals surface area contributed by atoms with Gasteiger partial charge in [0.25, 0.3) is 5.91 Å². The number of amides is 1. The Morgan fingerprint density at radius 2 is 2.50 bits per heavy atom. The molecule has 2 heterocycles. The van der Waals surface area contributed by atoms with Crippen LogP contribution in [0.15, 0.2) is 18.3 Å². The molecular weight excluding hydrogens is 202 g/mol. The van der Waals surface area contributed by atoms with Gasteiger partial charge in [0.2, 0.25) is 0 Å². The molecule has 2 rings (SSSR count). The number of rotatable bonds is 2. The van der Waals surface area contributed by atoms with Crippen LogP contribution in [-0.2, 0) is 0 Å². The summed E-state index contributed by atoms with van der Waals surface area (Å²) >= 11 is 0. The molecule has 0 radical (unpaired) electrons. The summed E-state index contributed by atoms with van der Waals surface area (Å²) in [4.78, 5) is 16.0. The SMILES string of the molecule is Cc1cc(C(=O)N[C@H]2CCCNC2)ccn1. The van der Waals surface area contributed by atoms with Crippen molar-refractivity contribution in [3.63, 3.8) is 0 Å². The first kappa shape index (κ1) is 11.1. The maximum Gasteiger partial charge on any atom is 0.251 e. The zero-order chi connectivity index (χ0) is 11.4. The zero-order valence-corrected chi connectivity index (χ0v) is 9.49. The lowest BCUT2D eigenvalue weighted by atomic mass is 10.1. The van der Waals surface area contributed by atoms with Crippen molar-refractivity contribution in [3.05, 3.63) is 29.6 Å². The van der Waals surface area contributed by atoms with Gasteiger partial charge in [-0.2, -0.15) is 0 Å². The smallest absolute Gasteiger partial charge is 0.251 e. The summed E-state index contributed by atoms with van der Waals surface area (Å²) in [6.07, 6.45) is 3.85. The van der Waals surface area contributed by atoms with Crippen LogP contribution in [0.3, 0.4) is 0 Å². The molecule has 1 aromatic rings. The van der Waals surface area contributed by atoms with Crippen molar-refractivity contribution >= 4 is 5.91 Å². The lowest BCUT2D eigenvalue weighted by Crippen LogP contribution is -2.45. The van der Waals surface area contributed by atoms with E-state index in [2.05, 4.69) is 15.6 Å². The number of nitrogens with zero attached hydrogens (tertiary/aromatic N) is 1. The molecule has 1 atom stereocenters. The van der Waals surface area contributed by atoms with Crippen LogP contribution in [-0.4, -0.2) is 30.0 Å². The molecule has 4 heteroatoms. The monoisotopic (exact) mass is 219 g/mol. The number of nitrogens with one attached hydrogen (secondary N) is 2. The molecule has 1 saturated heterocycles. The molecule has 0 saturated carbocycles. The number of aryl methyl sites for hydroxylation is 1. The van der Waals surface area contributed by atoms with E-state index in [0.29, 0.717) is 5.56 Å². The third-order valence-corrected chi connectivity index (χ3v) is 2.79. The Morgan fingerprint density at radius 1 is 1.62 bits per heavy atom. The van der Waals surface area contributed by atoms with Crippen molar-refractivity contribution < 1.29 is 4.79 Å². The molecule has 1 aromatic heterocycles.